The molecule has 10 nitrogen and oxygen atoms in total. The minimum atomic E-state index is -1.53. The standard InChI is InChI=1S/C13H15BClN3O7S/c1-5(10(21)24-14)25-18-7(9(19)20)6-8(15)26-11(16-6)17-12(22)23-13(2,3)4/h1,14H2,2-4H3,(H,19,20)(H,16,17,22)/b18-7-. The number of thiazole rings is 1. The monoisotopic (exact) mass is 403 g/mol. The fraction of sp³-hybridized carbons (Fsp3) is 0.308. The molecule has 0 aromatic carbocycles. The van der Waals surface area contributed by atoms with Crippen LogP contribution in [-0.4, -0.2) is 47.5 Å². The molecular formula is C13H15BClN3O7S. The van der Waals surface area contributed by atoms with Crippen molar-refractivity contribution in [1.82, 2.24) is 4.98 Å². The fourth-order valence-corrected chi connectivity index (χ4v) is 2.36. The zero-order valence-corrected chi connectivity index (χ0v) is 15.9. The molecule has 0 unspecified atom stereocenters. The van der Waals surface area contributed by atoms with E-state index in [-0.39, 0.29) is 15.2 Å². The third-order valence-corrected chi connectivity index (χ3v) is 3.45. The van der Waals surface area contributed by atoms with Gasteiger partial charge in [-0.3, -0.25) is 5.32 Å². The summed E-state index contributed by atoms with van der Waals surface area (Å²) >= 11 is 6.74. The molecule has 0 bridgehead atoms. The molecule has 0 saturated heterocycles. The van der Waals surface area contributed by atoms with Crippen LogP contribution in [0.2, 0.25) is 4.34 Å². The number of amides is 1. The van der Waals surface area contributed by atoms with Crippen LogP contribution in [0.5, 0.6) is 0 Å². The van der Waals surface area contributed by atoms with E-state index in [1.165, 1.54) is 0 Å². The van der Waals surface area contributed by atoms with E-state index >= 15 is 0 Å². The summed E-state index contributed by atoms with van der Waals surface area (Å²) in [5.74, 6) is -3.00. The maximum atomic E-state index is 11.7. The van der Waals surface area contributed by atoms with Crippen molar-refractivity contribution in [2.24, 2.45) is 5.16 Å². The quantitative estimate of drug-likeness (QED) is 0.240. The number of carbonyl (C=O) groups is 3. The topological polar surface area (TPSA) is 136 Å². The number of nitrogens with zero attached hydrogens (tertiary/aromatic N) is 2. The lowest BCUT2D eigenvalue weighted by Crippen LogP contribution is -2.27. The summed E-state index contributed by atoms with van der Waals surface area (Å²) in [6.45, 7) is 8.25. The molecule has 0 radical (unpaired) electrons. The maximum Gasteiger partial charge on any atom is 0.413 e. The number of carbonyl (C=O) groups excluding carboxylic acids is 2. The Hall–Kier alpha value is -2.60. The molecule has 0 aliphatic carbocycles. The van der Waals surface area contributed by atoms with E-state index < -0.39 is 35.1 Å². The normalized spacial score (nSPS) is 11.5. The van der Waals surface area contributed by atoms with Crippen LogP contribution in [0.3, 0.4) is 0 Å². The van der Waals surface area contributed by atoms with Gasteiger partial charge in [0.25, 0.3) is 0 Å². The lowest BCUT2D eigenvalue weighted by molar-refractivity contribution is -0.134. The van der Waals surface area contributed by atoms with Gasteiger partial charge in [-0.1, -0.05) is 28.1 Å². The summed E-state index contributed by atoms with van der Waals surface area (Å²) in [7, 11) is 1.09. The van der Waals surface area contributed by atoms with Crippen molar-refractivity contribution >= 4 is 59.9 Å². The van der Waals surface area contributed by atoms with Crippen LogP contribution >= 0.6 is 22.9 Å². The third-order valence-electron chi connectivity index (χ3n) is 2.28. The van der Waals surface area contributed by atoms with Gasteiger partial charge >= 0.3 is 26.1 Å². The smallest absolute Gasteiger partial charge is 0.413 e. The summed E-state index contributed by atoms with van der Waals surface area (Å²) < 4.78 is 9.32. The van der Waals surface area contributed by atoms with Gasteiger partial charge in [0.2, 0.25) is 11.5 Å². The van der Waals surface area contributed by atoms with Gasteiger partial charge in [-0.25, -0.2) is 19.4 Å². The van der Waals surface area contributed by atoms with Crippen LogP contribution in [-0.2, 0) is 23.8 Å². The predicted octanol–water partition coefficient (Wildman–Crippen LogP) is 1.55. The summed E-state index contributed by atoms with van der Waals surface area (Å²) in [5.41, 5.74) is -1.70. The minimum absolute atomic E-state index is 0.0139. The fourth-order valence-electron chi connectivity index (χ4n) is 1.33. The van der Waals surface area contributed by atoms with Crippen LogP contribution in [0.25, 0.3) is 0 Å². The molecule has 140 valence electrons. The van der Waals surface area contributed by atoms with Gasteiger partial charge < -0.3 is 19.3 Å². The molecule has 1 rings (SSSR count). The molecule has 1 aromatic heterocycles. The molecule has 0 spiro atoms. The van der Waals surface area contributed by atoms with E-state index in [0.717, 1.165) is 19.4 Å². The number of hydrogen-bond acceptors (Lipinski definition) is 9. The molecule has 0 atom stereocenters. The highest BCUT2D eigenvalue weighted by Crippen LogP contribution is 2.29. The lowest BCUT2D eigenvalue weighted by atomic mass is 10.2. The molecule has 1 amide bonds. The van der Waals surface area contributed by atoms with Gasteiger partial charge in [-0.15, -0.1) is 0 Å². The average molecular weight is 404 g/mol. The van der Waals surface area contributed by atoms with Crippen LogP contribution in [0.4, 0.5) is 9.93 Å². The molecule has 13 heteroatoms. The number of rotatable bonds is 6. The van der Waals surface area contributed by atoms with Crippen molar-refractivity contribution in [3.8, 4) is 0 Å². The largest absolute Gasteiger partial charge is 0.538 e. The molecule has 1 aromatic rings. The molecule has 2 N–H and O–H groups in total. The predicted molar refractivity (Wildman–Crippen MR) is 96.0 cm³/mol. The molecule has 0 saturated carbocycles. The SMILES string of the molecule is BOC(=O)C(=C)O/N=C(\C(=O)O)c1nc(NC(=O)OC(C)(C)C)sc1Cl. The first-order chi connectivity index (χ1) is 11.9. The van der Waals surface area contributed by atoms with Gasteiger partial charge in [0.05, 0.1) is 0 Å². The second kappa shape index (κ2) is 8.67. The highest BCUT2D eigenvalue weighted by Gasteiger charge is 2.24. The maximum absolute atomic E-state index is 11.7. The number of aromatic nitrogens is 1. The zero-order chi connectivity index (χ0) is 20.1. The van der Waals surface area contributed by atoms with Crippen molar-refractivity contribution < 1.29 is 33.7 Å². The van der Waals surface area contributed by atoms with E-state index in [4.69, 9.17) is 16.3 Å². The summed E-state index contributed by atoms with van der Waals surface area (Å²) in [5, 5.41) is 14.9. The first kappa shape index (κ1) is 21.4. The van der Waals surface area contributed by atoms with Crippen molar-refractivity contribution in [3.63, 3.8) is 0 Å². The Morgan fingerprint density at radius 1 is 1.38 bits per heavy atom. The van der Waals surface area contributed by atoms with E-state index in [2.05, 4.69) is 31.5 Å². The minimum Gasteiger partial charge on any atom is -0.538 e. The second-order valence-electron chi connectivity index (χ2n) is 5.52. The second-order valence-corrected chi connectivity index (χ2v) is 7.12. The molecule has 0 aliphatic rings. The number of oxime groups is 1. The summed E-state index contributed by atoms with van der Waals surface area (Å²) in [6.07, 6.45) is -0.793. The molecule has 0 aliphatic heterocycles. The first-order valence-corrected chi connectivity index (χ1v) is 8.06. The van der Waals surface area contributed by atoms with Gasteiger partial charge in [0.1, 0.15) is 15.6 Å². The molecule has 26 heavy (non-hydrogen) atoms. The number of halogens is 1. The van der Waals surface area contributed by atoms with Gasteiger partial charge in [-0.05, 0) is 27.4 Å². The van der Waals surface area contributed by atoms with Crippen LogP contribution in [0.1, 0.15) is 26.5 Å². The third kappa shape index (κ3) is 6.37. The number of ether oxygens (including phenoxy) is 1. The van der Waals surface area contributed by atoms with Crippen molar-refractivity contribution in [2.75, 3.05) is 5.32 Å². The molecule has 1 heterocycles. The summed E-state index contributed by atoms with van der Waals surface area (Å²) in [4.78, 5) is 42.8. The van der Waals surface area contributed by atoms with E-state index in [9.17, 15) is 19.5 Å². The van der Waals surface area contributed by atoms with Crippen LogP contribution in [0.15, 0.2) is 17.5 Å². The highest BCUT2D eigenvalue weighted by molar-refractivity contribution is 7.20. The van der Waals surface area contributed by atoms with Crippen molar-refractivity contribution in [3.05, 3.63) is 22.4 Å². The lowest BCUT2D eigenvalue weighted by Gasteiger charge is -2.18. The number of carboxylic acids is 1. The number of carboxylic acid groups (broad SMARTS) is 1. The number of nitrogens with one attached hydrogen (secondary N) is 1. The van der Waals surface area contributed by atoms with Gasteiger partial charge in [0, 0.05) is 0 Å². The number of anilines is 1. The zero-order valence-electron chi connectivity index (χ0n) is 14.3. The van der Waals surface area contributed by atoms with E-state index in [1.807, 2.05) is 0 Å². The Kier molecular flexibility index (Phi) is 7.15. The van der Waals surface area contributed by atoms with Gasteiger partial charge in [-0.2, -0.15) is 0 Å². The van der Waals surface area contributed by atoms with Gasteiger partial charge in [0.15, 0.2) is 5.13 Å². The van der Waals surface area contributed by atoms with Crippen molar-refractivity contribution in [2.45, 2.75) is 26.4 Å². The van der Waals surface area contributed by atoms with E-state index in [1.54, 1.807) is 20.8 Å². The Morgan fingerprint density at radius 2 is 2.00 bits per heavy atom. The first-order valence-electron chi connectivity index (χ1n) is 6.86. The van der Waals surface area contributed by atoms with Crippen molar-refractivity contribution in [1.29, 1.82) is 0 Å². The summed E-state index contributed by atoms with van der Waals surface area (Å²) in [6, 6.07) is 0. The highest BCUT2D eigenvalue weighted by atomic mass is 35.5. The Balaban J connectivity index is 3.02. The van der Waals surface area contributed by atoms with Crippen LogP contribution in [0, 0.1) is 0 Å². The van der Waals surface area contributed by atoms with Crippen LogP contribution < -0.4 is 5.32 Å². The molecular weight excluding hydrogens is 388 g/mol. The Labute approximate surface area is 158 Å². The van der Waals surface area contributed by atoms with E-state index in [0.29, 0.717) is 0 Å². The Morgan fingerprint density at radius 3 is 2.50 bits per heavy atom. The number of hydrogen-bond donors (Lipinski definition) is 2. The Bertz CT molecular complexity index is 772. The molecule has 0 fully saturated rings. The average Bonchev–Trinajstić information content (AvgIpc) is 2.84. The number of aliphatic carboxylic acids is 1.